The maximum absolute atomic E-state index is 13.1. The van der Waals surface area contributed by atoms with Gasteiger partial charge in [-0.25, -0.2) is 0 Å². The van der Waals surface area contributed by atoms with Crippen LogP contribution < -0.4 is 9.64 Å². The molecule has 1 aliphatic heterocycles. The number of nitrogens with zero attached hydrogens (tertiary/aromatic N) is 1. The minimum absolute atomic E-state index is 0.210. The molecule has 0 radical (unpaired) electrons. The van der Waals surface area contributed by atoms with Gasteiger partial charge in [-0.05, 0) is 102 Å². The average molecular weight is 744 g/mol. The fourth-order valence-electron chi connectivity index (χ4n) is 3.06. The number of halogens is 6. The van der Waals surface area contributed by atoms with Crippen molar-refractivity contribution in [3.63, 3.8) is 0 Å². The second kappa shape index (κ2) is 11.2. The van der Waals surface area contributed by atoms with Crippen LogP contribution in [0.2, 0.25) is 15.1 Å². The highest BCUT2D eigenvalue weighted by Crippen LogP contribution is 2.40. The monoisotopic (exact) mass is 739 g/mol. The second-order valence-electron chi connectivity index (χ2n) is 6.95. The van der Waals surface area contributed by atoms with Gasteiger partial charge in [0, 0.05) is 20.1 Å². The summed E-state index contributed by atoms with van der Waals surface area (Å²) in [5, 5.41) is 1.60. The number of benzene rings is 3. The van der Waals surface area contributed by atoms with Crippen molar-refractivity contribution in [1.29, 1.82) is 0 Å². The Kier molecular flexibility index (Phi) is 8.74. The van der Waals surface area contributed by atoms with Gasteiger partial charge in [-0.3, -0.25) is 9.69 Å². The number of carbonyl (C=O) groups excluding carboxylic acids is 1. The fraction of sp³-hybridized carbons (Fsp3) is 0.0435. The summed E-state index contributed by atoms with van der Waals surface area (Å²) in [4.78, 5) is 15.1. The van der Waals surface area contributed by atoms with Crippen LogP contribution in [-0.4, -0.2) is 10.2 Å². The molecule has 1 heterocycles. The van der Waals surface area contributed by atoms with E-state index in [9.17, 15) is 4.79 Å². The van der Waals surface area contributed by atoms with Crippen LogP contribution in [0.1, 0.15) is 11.1 Å². The third kappa shape index (κ3) is 5.86. The van der Waals surface area contributed by atoms with E-state index in [0.29, 0.717) is 44.7 Å². The Morgan fingerprint density at radius 1 is 0.941 bits per heavy atom. The van der Waals surface area contributed by atoms with E-state index in [0.717, 1.165) is 15.6 Å². The number of amides is 1. The Morgan fingerprint density at radius 2 is 1.65 bits per heavy atom. The number of thioether (sulfide) groups is 1. The summed E-state index contributed by atoms with van der Waals surface area (Å²) in [6.45, 7) is 0.265. The number of hydrogen-bond donors (Lipinski definition) is 0. The number of ether oxygens (including phenoxy) is 1. The molecule has 0 atom stereocenters. The van der Waals surface area contributed by atoms with Crippen LogP contribution in [0.15, 0.2) is 66.9 Å². The Balaban J connectivity index is 1.55. The molecule has 1 aliphatic rings. The molecule has 0 saturated carbocycles. The standard InChI is InChI=1S/C23H11Br3Cl3NO2S2/c24-15-4-3-14(9-19(15)29)30-22(31)20(34-23(30)33)7-11-5-16(25)21(17(26)6-11)32-10-12-1-2-13(27)8-18(12)28/h1-9H,10H2/b20-7+. The van der Waals surface area contributed by atoms with Gasteiger partial charge in [0.2, 0.25) is 0 Å². The van der Waals surface area contributed by atoms with Gasteiger partial charge in [0.15, 0.2) is 4.32 Å². The lowest BCUT2D eigenvalue weighted by molar-refractivity contribution is -0.113. The van der Waals surface area contributed by atoms with Crippen molar-refractivity contribution >= 4 is 129 Å². The first-order chi connectivity index (χ1) is 16.1. The topological polar surface area (TPSA) is 29.5 Å². The van der Waals surface area contributed by atoms with Gasteiger partial charge in [-0.15, -0.1) is 0 Å². The third-order valence-corrected chi connectivity index (χ3v) is 8.96. The lowest BCUT2D eigenvalue weighted by atomic mass is 10.2. The van der Waals surface area contributed by atoms with Crippen molar-refractivity contribution in [2.45, 2.75) is 6.61 Å². The highest BCUT2D eigenvalue weighted by atomic mass is 79.9. The van der Waals surface area contributed by atoms with E-state index in [1.165, 1.54) is 16.7 Å². The van der Waals surface area contributed by atoms with E-state index in [4.69, 9.17) is 51.8 Å². The van der Waals surface area contributed by atoms with E-state index in [1.54, 1.807) is 36.4 Å². The molecule has 34 heavy (non-hydrogen) atoms. The summed E-state index contributed by atoms with van der Waals surface area (Å²) in [7, 11) is 0. The number of carbonyl (C=O) groups is 1. The quantitative estimate of drug-likeness (QED) is 0.192. The molecule has 4 rings (SSSR count). The number of rotatable bonds is 5. The van der Waals surface area contributed by atoms with Gasteiger partial charge in [0.05, 0.1) is 24.6 Å². The van der Waals surface area contributed by atoms with Gasteiger partial charge in [-0.1, -0.05) is 64.8 Å². The van der Waals surface area contributed by atoms with Crippen molar-refractivity contribution in [3.8, 4) is 5.75 Å². The van der Waals surface area contributed by atoms with Gasteiger partial charge in [0.1, 0.15) is 12.4 Å². The van der Waals surface area contributed by atoms with Gasteiger partial charge >= 0.3 is 0 Å². The fourth-order valence-corrected chi connectivity index (χ4v) is 6.69. The van der Waals surface area contributed by atoms with Crippen LogP contribution in [0.25, 0.3) is 6.08 Å². The number of anilines is 1. The lowest BCUT2D eigenvalue weighted by Crippen LogP contribution is -2.27. The highest BCUT2D eigenvalue weighted by Gasteiger charge is 2.33. The first-order valence-corrected chi connectivity index (χ1v) is 14.2. The van der Waals surface area contributed by atoms with E-state index in [-0.39, 0.29) is 12.5 Å². The molecule has 0 N–H and O–H groups in total. The molecule has 174 valence electrons. The molecule has 11 heteroatoms. The van der Waals surface area contributed by atoms with Crippen molar-refractivity contribution in [2.75, 3.05) is 4.90 Å². The summed E-state index contributed by atoms with van der Waals surface area (Å²) >= 11 is 35.6. The lowest BCUT2D eigenvalue weighted by Gasteiger charge is -2.15. The first kappa shape index (κ1) is 26.5. The zero-order chi connectivity index (χ0) is 24.6. The largest absolute Gasteiger partial charge is 0.486 e. The van der Waals surface area contributed by atoms with E-state index in [2.05, 4.69) is 47.8 Å². The molecule has 0 spiro atoms. The molecule has 3 aromatic rings. The molecule has 1 amide bonds. The molecule has 1 saturated heterocycles. The molecule has 1 fully saturated rings. The first-order valence-electron chi connectivity index (χ1n) is 9.43. The summed E-state index contributed by atoms with van der Waals surface area (Å²) in [5.74, 6) is 0.401. The van der Waals surface area contributed by atoms with Crippen LogP contribution in [0.5, 0.6) is 5.75 Å². The summed E-state index contributed by atoms with van der Waals surface area (Å²) in [6, 6.07) is 14.3. The zero-order valence-electron chi connectivity index (χ0n) is 16.8. The Labute approximate surface area is 246 Å². The van der Waals surface area contributed by atoms with Crippen LogP contribution in [0.4, 0.5) is 5.69 Å². The molecule has 0 aromatic heterocycles. The molecule has 3 aromatic carbocycles. The Morgan fingerprint density at radius 3 is 2.29 bits per heavy atom. The minimum Gasteiger partial charge on any atom is -0.486 e. The van der Waals surface area contributed by atoms with Crippen LogP contribution in [0, 0.1) is 0 Å². The summed E-state index contributed by atoms with van der Waals surface area (Å²) in [6.07, 6.45) is 1.79. The third-order valence-electron chi connectivity index (χ3n) is 4.66. The Bertz CT molecular complexity index is 1340. The van der Waals surface area contributed by atoms with Crippen molar-refractivity contribution in [2.24, 2.45) is 0 Å². The van der Waals surface area contributed by atoms with Crippen LogP contribution >= 0.6 is 107 Å². The van der Waals surface area contributed by atoms with Crippen molar-refractivity contribution in [3.05, 3.63) is 93.0 Å². The van der Waals surface area contributed by atoms with Gasteiger partial charge in [0.25, 0.3) is 5.91 Å². The van der Waals surface area contributed by atoms with E-state index >= 15 is 0 Å². The molecular weight excluding hydrogens is 732 g/mol. The average Bonchev–Trinajstić information content (AvgIpc) is 3.03. The van der Waals surface area contributed by atoms with Gasteiger partial charge < -0.3 is 4.74 Å². The predicted octanol–water partition coefficient (Wildman–Crippen LogP) is 9.92. The SMILES string of the molecule is O=C1/C(=C\c2cc(Br)c(OCc3ccc(Cl)cc3Cl)c(Br)c2)SC(=S)N1c1ccc(Br)c(Cl)c1. The number of hydrogen-bond acceptors (Lipinski definition) is 4. The van der Waals surface area contributed by atoms with E-state index < -0.39 is 0 Å². The highest BCUT2D eigenvalue weighted by molar-refractivity contribution is 9.11. The summed E-state index contributed by atoms with van der Waals surface area (Å²) < 4.78 is 8.59. The smallest absolute Gasteiger partial charge is 0.270 e. The maximum atomic E-state index is 13.1. The number of thiocarbonyl (C=S) groups is 1. The molecule has 0 bridgehead atoms. The van der Waals surface area contributed by atoms with Crippen LogP contribution in [0.3, 0.4) is 0 Å². The van der Waals surface area contributed by atoms with Crippen LogP contribution in [-0.2, 0) is 11.4 Å². The Hall–Kier alpha value is -0.580. The second-order valence-corrected chi connectivity index (χ2v) is 12.4. The van der Waals surface area contributed by atoms with Crippen molar-refractivity contribution < 1.29 is 9.53 Å². The maximum Gasteiger partial charge on any atom is 0.270 e. The normalized spacial score (nSPS) is 14.9. The zero-order valence-corrected chi connectivity index (χ0v) is 25.4. The van der Waals surface area contributed by atoms with E-state index in [1.807, 2.05) is 18.2 Å². The minimum atomic E-state index is -0.210. The molecular formula is C23H11Br3Cl3NO2S2. The molecule has 0 unspecified atom stereocenters. The van der Waals surface area contributed by atoms with Crippen molar-refractivity contribution in [1.82, 2.24) is 0 Å². The van der Waals surface area contributed by atoms with Gasteiger partial charge in [-0.2, -0.15) is 0 Å². The molecule has 0 aliphatic carbocycles. The molecule has 3 nitrogen and oxygen atoms in total. The summed E-state index contributed by atoms with van der Waals surface area (Å²) in [5.41, 5.74) is 2.22. The predicted molar refractivity (Wildman–Crippen MR) is 157 cm³/mol.